The van der Waals surface area contributed by atoms with Crippen LogP contribution in [0.4, 0.5) is 0 Å². The number of benzene rings is 1. The molecule has 0 amide bonds. The van der Waals surface area contributed by atoms with Crippen LogP contribution >= 0.6 is 0 Å². The molecule has 0 atom stereocenters. The van der Waals surface area contributed by atoms with Crippen molar-refractivity contribution in [3.05, 3.63) is 22.8 Å². The third-order valence-corrected chi connectivity index (χ3v) is 2.61. The summed E-state index contributed by atoms with van der Waals surface area (Å²) in [6, 6.07) is 1.67. The molecule has 0 aliphatic carbocycles. The van der Waals surface area contributed by atoms with Crippen molar-refractivity contribution >= 4 is 0 Å². The van der Waals surface area contributed by atoms with Gasteiger partial charge in [0.1, 0.15) is 11.5 Å². The number of phenols is 2. The number of hydrogen-bond acceptors (Lipinski definition) is 2. The molecular weight excluding hydrogens is 176 g/mol. The predicted octanol–water partition coefficient (Wildman–Crippen LogP) is 2.92. The summed E-state index contributed by atoms with van der Waals surface area (Å²) in [6.45, 7) is 5.88. The average Bonchev–Trinajstić information content (AvgIpc) is 2.16. The normalized spacial score (nSPS) is 10.5. The number of rotatable bonds is 3. The highest BCUT2D eigenvalue weighted by Crippen LogP contribution is 2.33. The third-order valence-electron chi connectivity index (χ3n) is 2.61. The van der Waals surface area contributed by atoms with E-state index in [0.29, 0.717) is 11.5 Å². The molecule has 0 bridgehead atoms. The number of hydrogen-bond donors (Lipinski definition) is 2. The molecule has 0 saturated carbocycles. The first-order chi connectivity index (χ1) is 6.61. The Bertz CT molecular complexity index is 330. The predicted molar refractivity (Wildman–Crippen MR) is 57.9 cm³/mol. The fraction of sp³-hybridized carbons (Fsp3) is 0.500. The monoisotopic (exact) mass is 194 g/mol. The first-order valence-electron chi connectivity index (χ1n) is 5.15. The third kappa shape index (κ3) is 1.84. The summed E-state index contributed by atoms with van der Waals surface area (Å²) in [5.41, 5.74) is 2.52. The maximum absolute atomic E-state index is 9.91. The van der Waals surface area contributed by atoms with Crippen LogP contribution in [-0.4, -0.2) is 10.2 Å². The maximum atomic E-state index is 9.91. The molecule has 0 radical (unpaired) electrons. The molecule has 1 aromatic rings. The van der Waals surface area contributed by atoms with Crippen LogP contribution in [0.3, 0.4) is 0 Å². The second kappa shape index (κ2) is 4.36. The Morgan fingerprint density at radius 1 is 1.21 bits per heavy atom. The van der Waals surface area contributed by atoms with E-state index in [1.165, 1.54) is 0 Å². The SMILES string of the molecule is CCCc1cc(O)c(C)c(CC)c1O. The molecule has 0 aliphatic rings. The topological polar surface area (TPSA) is 40.5 Å². The largest absolute Gasteiger partial charge is 0.508 e. The van der Waals surface area contributed by atoms with Gasteiger partial charge in [-0.15, -0.1) is 0 Å². The fourth-order valence-electron chi connectivity index (χ4n) is 1.76. The Hall–Kier alpha value is -1.18. The van der Waals surface area contributed by atoms with Crippen LogP contribution in [0.2, 0.25) is 0 Å². The molecule has 0 aliphatic heterocycles. The van der Waals surface area contributed by atoms with E-state index < -0.39 is 0 Å². The lowest BCUT2D eigenvalue weighted by Gasteiger charge is -2.12. The van der Waals surface area contributed by atoms with E-state index in [2.05, 4.69) is 6.92 Å². The smallest absolute Gasteiger partial charge is 0.122 e. The summed E-state index contributed by atoms with van der Waals surface area (Å²) >= 11 is 0. The van der Waals surface area contributed by atoms with Crippen LogP contribution < -0.4 is 0 Å². The lowest BCUT2D eigenvalue weighted by atomic mass is 9.98. The Balaban J connectivity index is 3.27. The fourth-order valence-corrected chi connectivity index (χ4v) is 1.76. The van der Waals surface area contributed by atoms with Crippen molar-refractivity contribution < 1.29 is 10.2 Å². The van der Waals surface area contributed by atoms with Crippen LogP contribution in [0.25, 0.3) is 0 Å². The van der Waals surface area contributed by atoms with Crippen LogP contribution in [-0.2, 0) is 12.8 Å². The molecule has 0 unspecified atom stereocenters. The Labute approximate surface area is 85.2 Å². The van der Waals surface area contributed by atoms with Gasteiger partial charge < -0.3 is 10.2 Å². The summed E-state index contributed by atoms with van der Waals surface area (Å²) in [5.74, 6) is 0.660. The van der Waals surface area contributed by atoms with Crippen LogP contribution in [0.1, 0.15) is 37.0 Å². The van der Waals surface area contributed by atoms with E-state index in [4.69, 9.17) is 0 Å². The second-order valence-corrected chi connectivity index (χ2v) is 3.61. The minimum atomic E-state index is 0.295. The average molecular weight is 194 g/mol. The molecule has 1 aromatic carbocycles. The quantitative estimate of drug-likeness (QED) is 0.726. The summed E-state index contributed by atoms with van der Waals surface area (Å²) < 4.78 is 0. The zero-order valence-electron chi connectivity index (χ0n) is 9.09. The van der Waals surface area contributed by atoms with E-state index in [1.54, 1.807) is 6.07 Å². The molecule has 0 aromatic heterocycles. The van der Waals surface area contributed by atoms with Gasteiger partial charge >= 0.3 is 0 Å². The van der Waals surface area contributed by atoms with Gasteiger partial charge in [-0.1, -0.05) is 20.3 Å². The van der Waals surface area contributed by atoms with Gasteiger partial charge in [0.05, 0.1) is 0 Å². The van der Waals surface area contributed by atoms with Crippen molar-refractivity contribution in [2.24, 2.45) is 0 Å². The summed E-state index contributed by atoms with van der Waals surface area (Å²) in [6.07, 6.45) is 2.54. The van der Waals surface area contributed by atoms with Gasteiger partial charge in [-0.25, -0.2) is 0 Å². The molecule has 0 saturated heterocycles. The first-order valence-corrected chi connectivity index (χ1v) is 5.15. The van der Waals surface area contributed by atoms with E-state index in [-0.39, 0.29) is 0 Å². The van der Waals surface area contributed by atoms with Gasteiger partial charge in [0.2, 0.25) is 0 Å². The minimum absolute atomic E-state index is 0.295. The molecule has 0 heterocycles. The highest BCUT2D eigenvalue weighted by atomic mass is 16.3. The molecule has 78 valence electrons. The molecule has 0 spiro atoms. The molecule has 0 fully saturated rings. The van der Waals surface area contributed by atoms with Crippen LogP contribution in [0.15, 0.2) is 6.07 Å². The van der Waals surface area contributed by atoms with E-state index in [1.807, 2.05) is 13.8 Å². The first kappa shape index (κ1) is 10.9. The van der Waals surface area contributed by atoms with E-state index in [9.17, 15) is 10.2 Å². The molecule has 2 heteroatoms. The standard InChI is InChI=1S/C12H18O2/c1-4-6-9-7-11(13)8(3)10(5-2)12(9)14/h7,13-14H,4-6H2,1-3H3. The van der Waals surface area contributed by atoms with Gasteiger partial charge in [0.15, 0.2) is 0 Å². The summed E-state index contributed by atoms with van der Waals surface area (Å²) in [4.78, 5) is 0. The lowest BCUT2D eigenvalue weighted by Crippen LogP contribution is -1.94. The van der Waals surface area contributed by atoms with Crippen molar-refractivity contribution in [3.8, 4) is 11.5 Å². The maximum Gasteiger partial charge on any atom is 0.122 e. The Morgan fingerprint density at radius 2 is 1.86 bits per heavy atom. The van der Waals surface area contributed by atoms with Crippen molar-refractivity contribution in [3.63, 3.8) is 0 Å². The second-order valence-electron chi connectivity index (χ2n) is 3.61. The molecule has 2 nitrogen and oxygen atoms in total. The van der Waals surface area contributed by atoms with Crippen molar-refractivity contribution in [1.82, 2.24) is 0 Å². The van der Waals surface area contributed by atoms with Gasteiger partial charge in [0.25, 0.3) is 0 Å². The minimum Gasteiger partial charge on any atom is -0.508 e. The van der Waals surface area contributed by atoms with Crippen LogP contribution in [0.5, 0.6) is 11.5 Å². The Kier molecular flexibility index (Phi) is 3.39. The highest BCUT2D eigenvalue weighted by Gasteiger charge is 2.12. The van der Waals surface area contributed by atoms with Gasteiger partial charge in [-0.3, -0.25) is 0 Å². The molecule has 2 N–H and O–H groups in total. The van der Waals surface area contributed by atoms with Gasteiger partial charge in [-0.2, -0.15) is 0 Å². The van der Waals surface area contributed by atoms with E-state index in [0.717, 1.165) is 36.0 Å². The number of aromatic hydroxyl groups is 2. The molecule has 1 rings (SSSR count). The highest BCUT2D eigenvalue weighted by molar-refractivity contribution is 5.51. The molecular formula is C12H18O2. The van der Waals surface area contributed by atoms with Gasteiger partial charge in [0, 0.05) is 5.56 Å². The van der Waals surface area contributed by atoms with Crippen molar-refractivity contribution in [2.45, 2.75) is 40.0 Å². The van der Waals surface area contributed by atoms with Crippen molar-refractivity contribution in [2.75, 3.05) is 0 Å². The zero-order chi connectivity index (χ0) is 10.7. The van der Waals surface area contributed by atoms with Crippen molar-refractivity contribution in [1.29, 1.82) is 0 Å². The van der Waals surface area contributed by atoms with Gasteiger partial charge in [-0.05, 0) is 37.0 Å². The number of phenolic OH excluding ortho intramolecular Hbond substituents is 2. The van der Waals surface area contributed by atoms with Crippen LogP contribution in [0, 0.1) is 6.92 Å². The zero-order valence-corrected chi connectivity index (χ0v) is 9.09. The summed E-state index contributed by atoms with van der Waals surface area (Å²) in [5, 5.41) is 19.6. The lowest BCUT2D eigenvalue weighted by molar-refractivity contribution is 0.444. The number of aryl methyl sites for hydroxylation is 1. The molecule has 14 heavy (non-hydrogen) atoms. The Morgan fingerprint density at radius 3 is 2.36 bits per heavy atom. The summed E-state index contributed by atoms with van der Waals surface area (Å²) in [7, 11) is 0. The van der Waals surface area contributed by atoms with E-state index >= 15 is 0 Å².